The number of benzene rings is 3. The van der Waals surface area contributed by atoms with Gasteiger partial charge in [-0.15, -0.1) is 0 Å². The minimum atomic E-state index is -6.22. The van der Waals surface area contributed by atoms with Crippen LogP contribution >= 0.6 is 10.3 Å². The molecule has 10 heteroatoms. The maximum atomic E-state index is 15.6. The van der Waals surface area contributed by atoms with Gasteiger partial charge in [-0.25, -0.2) is 3.63 Å². The van der Waals surface area contributed by atoms with Crippen LogP contribution in [0.5, 0.6) is 0 Å². The van der Waals surface area contributed by atoms with Gasteiger partial charge in [0.15, 0.2) is 0 Å². The van der Waals surface area contributed by atoms with E-state index < -0.39 is 49.5 Å². The van der Waals surface area contributed by atoms with Gasteiger partial charge in [-0.05, 0) is 77.8 Å². The fourth-order valence-corrected chi connectivity index (χ4v) is 10.9. The van der Waals surface area contributed by atoms with Crippen molar-refractivity contribution in [1.29, 1.82) is 0 Å². The lowest BCUT2D eigenvalue weighted by Gasteiger charge is -2.42. The Bertz CT molecular complexity index is 1240. The third-order valence-corrected chi connectivity index (χ3v) is 12.6. The van der Waals surface area contributed by atoms with E-state index in [2.05, 4.69) is 0 Å². The first kappa shape index (κ1) is 26.2. The molecule has 0 amide bonds. The summed E-state index contributed by atoms with van der Waals surface area (Å²) >= 11 is 0. The molecule has 0 heterocycles. The molecule has 0 spiro atoms. The van der Waals surface area contributed by atoms with E-state index in [1.165, 1.54) is 36.4 Å². The van der Waals surface area contributed by atoms with E-state index in [9.17, 15) is 13.5 Å². The van der Waals surface area contributed by atoms with Gasteiger partial charge in [0.1, 0.15) is 0 Å². The van der Waals surface area contributed by atoms with Gasteiger partial charge in [0, 0.05) is 20.6 Å². The minimum Gasteiger partial charge on any atom is -0.393 e. The van der Waals surface area contributed by atoms with Gasteiger partial charge >= 0.3 is 21.3 Å². The van der Waals surface area contributed by atoms with Crippen LogP contribution in [-0.4, -0.2) is 30.8 Å². The molecule has 5 rings (SSSR count). The molecule has 4 nitrogen and oxygen atoms in total. The molecule has 0 saturated heterocycles. The standard InChI is InChI=1S/C27H26F4O4S2/c28-26(29,24-17-19-16-23(24)25(32)18-19)27(30,31)37(33,34)35-36(20-10-4-1-5-11-20,21-12-6-2-7-13-21)22-14-8-3-9-15-22/h1-15,19,23-25,32H,16-18H2. The summed E-state index contributed by atoms with van der Waals surface area (Å²) in [5, 5.41) is 4.56. The van der Waals surface area contributed by atoms with Crippen LogP contribution in [0.25, 0.3) is 0 Å². The van der Waals surface area contributed by atoms with Crippen molar-refractivity contribution in [3.63, 3.8) is 0 Å². The molecule has 2 saturated carbocycles. The van der Waals surface area contributed by atoms with Gasteiger partial charge in [0.25, 0.3) is 0 Å². The number of alkyl halides is 4. The second kappa shape index (κ2) is 9.41. The number of aliphatic hydroxyl groups is 1. The Morgan fingerprint density at radius 2 is 1.14 bits per heavy atom. The lowest BCUT2D eigenvalue weighted by molar-refractivity contribution is -0.208. The van der Waals surface area contributed by atoms with Crippen molar-refractivity contribution >= 4 is 20.4 Å². The topological polar surface area (TPSA) is 63.6 Å². The van der Waals surface area contributed by atoms with Crippen LogP contribution in [0.4, 0.5) is 17.6 Å². The molecule has 198 valence electrons. The molecule has 1 N–H and O–H groups in total. The van der Waals surface area contributed by atoms with Gasteiger partial charge in [-0.2, -0.15) is 26.0 Å². The summed E-state index contributed by atoms with van der Waals surface area (Å²) in [5.41, 5.74) is 0. The summed E-state index contributed by atoms with van der Waals surface area (Å²) in [6.07, 6.45) is -0.994. The van der Waals surface area contributed by atoms with Gasteiger partial charge < -0.3 is 5.11 Å². The Labute approximate surface area is 214 Å². The van der Waals surface area contributed by atoms with Crippen molar-refractivity contribution < 1.29 is 34.7 Å². The van der Waals surface area contributed by atoms with E-state index in [4.69, 9.17) is 3.63 Å². The van der Waals surface area contributed by atoms with E-state index in [0.717, 1.165) is 0 Å². The molecule has 2 aliphatic carbocycles. The van der Waals surface area contributed by atoms with E-state index in [0.29, 0.717) is 0 Å². The Morgan fingerprint density at radius 3 is 1.51 bits per heavy atom. The molecule has 2 fully saturated rings. The van der Waals surface area contributed by atoms with Crippen molar-refractivity contribution in [3.8, 4) is 0 Å². The normalized spacial score (nSPS) is 24.8. The fourth-order valence-electron chi connectivity index (χ4n) is 5.65. The third kappa shape index (κ3) is 4.18. The molecule has 37 heavy (non-hydrogen) atoms. The van der Waals surface area contributed by atoms with Crippen molar-refractivity contribution in [2.75, 3.05) is 0 Å². The number of hydrogen-bond acceptors (Lipinski definition) is 4. The number of halogens is 4. The zero-order chi connectivity index (χ0) is 26.5. The number of hydrogen-bond donors (Lipinski definition) is 1. The van der Waals surface area contributed by atoms with Gasteiger partial charge in [0.05, 0.1) is 6.10 Å². The zero-order valence-corrected chi connectivity index (χ0v) is 21.2. The summed E-state index contributed by atoms with van der Waals surface area (Å²) in [7, 11) is -9.65. The Balaban J connectivity index is 1.65. The smallest absolute Gasteiger partial charge is 0.393 e. The lowest BCUT2D eigenvalue weighted by Crippen LogP contribution is -2.54. The zero-order valence-electron chi connectivity index (χ0n) is 19.6. The highest BCUT2D eigenvalue weighted by atomic mass is 32.3. The minimum absolute atomic E-state index is 0.172. The average Bonchev–Trinajstić information content (AvgIpc) is 3.49. The molecule has 3 aromatic carbocycles. The van der Waals surface area contributed by atoms with Crippen LogP contribution in [0, 0.1) is 17.8 Å². The molecular formula is C27H26F4O4S2. The summed E-state index contributed by atoms with van der Waals surface area (Å²) in [5.74, 6) is -8.33. The molecular weight excluding hydrogens is 528 g/mol. The molecule has 4 unspecified atom stereocenters. The predicted molar refractivity (Wildman–Crippen MR) is 132 cm³/mol. The summed E-state index contributed by atoms with van der Waals surface area (Å²) < 4.78 is 94.5. The van der Waals surface area contributed by atoms with Crippen molar-refractivity contribution in [3.05, 3.63) is 91.0 Å². The van der Waals surface area contributed by atoms with Crippen LogP contribution < -0.4 is 0 Å². The number of aliphatic hydroxyl groups excluding tert-OH is 1. The Hall–Kier alpha value is -2.40. The molecule has 0 aromatic heterocycles. The summed E-state index contributed by atoms with van der Waals surface area (Å²) in [6.45, 7) is 0. The number of fused-ring (bicyclic) bond motifs is 2. The van der Waals surface area contributed by atoms with Crippen LogP contribution in [-0.2, 0) is 13.7 Å². The third-order valence-electron chi connectivity index (χ3n) is 7.36. The number of rotatable bonds is 8. The fraction of sp³-hybridized carbons (Fsp3) is 0.333. The van der Waals surface area contributed by atoms with Gasteiger partial charge in [0.2, 0.25) is 0 Å². The van der Waals surface area contributed by atoms with E-state index in [-0.39, 0.29) is 39.9 Å². The highest BCUT2D eigenvalue weighted by Gasteiger charge is 2.73. The summed E-state index contributed by atoms with van der Waals surface area (Å²) in [6, 6.07) is 23.8. The molecule has 0 aliphatic heterocycles. The van der Waals surface area contributed by atoms with Crippen molar-refractivity contribution in [2.45, 2.75) is 51.2 Å². The molecule has 2 bridgehead atoms. The molecule has 0 radical (unpaired) electrons. The second-order valence-corrected chi connectivity index (χ2v) is 14.1. The first-order valence-corrected chi connectivity index (χ1v) is 14.9. The highest BCUT2D eigenvalue weighted by molar-refractivity contribution is 8.33. The van der Waals surface area contributed by atoms with E-state index in [1.807, 2.05) is 0 Å². The first-order valence-electron chi connectivity index (χ1n) is 11.9. The summed E-state index contributed by atoms with van der Waals surface area (Å²) in [4.78, 5) is 0.765. The maximum absolute atomic E-state index is 15.6. The van der Waals surface area contributed by atoms with Gasteiger partial charge in [-0.3, -0.25) is 0 Å². The van der Waals surface area contributed by atoms with E-state index in [1.54, 1.807) is 54.6 Å². The average molecular weight is 555 g/mol. The maximum Gasteiger partial charge on any atom is 0.432 e. The van der Waals surface area contributed by atoms with Gasteiger partial charge in [-0.1, -0.05) is 54.6 Å². The van der Waals surface area contributed by atoms with Crippen molar-refractivity contribution in [1.82, 2.24) is 0 Å². The molecule has 4 atom stereocenters. The Kier molecular flexibility index (Phi) is 6.67. The van der Waals surface area contributed by atoms with Crippen LogP contribution in [0.15, 0.2) is 106 Å². The van der Waals surface area contributed by atoms with Crippen LogP contribution in [0.3, 0.4) is 0 Å². The quantitative estimate of drug-likeness (QED) is 0.309. The lowest BCUT2D eigenvalue weighted by atomic mass is 9.82. The van der Waals surface area contributed by atoms with E-state index >= 15 is 17.6 Å². The molecule has 2 aliphatic rings. The van der Waals surface area contributed by atoms with Crippen LogP contribution in [0.2, 0.25) is 0 Å². The molecule has 3 aromatic rings. The largest absolute Gasteiger partial charge is 0.432 e. The second-order valence-electron chi connectivity index (χ2n) is 9.57. The SMILES string of the molecule is O=S(=O)(OS(c1ccccc1)(c1ccccc1)c1ccccc1)C(F)(F)C(F)(F)C1CC2CC(O)C1C2. The highest BCUT2D eigenvalue weighted by Crippen LogP contribution is 2.71. The first-order chi connectivity index (χ1) is 17.5. The van der Waals surface area contributed by atoms with Crippen molar-refractivity contribution in [2.24, 2.45) is 17.8 Å². The Morgan fingerprint density at radius 1 is 0.703 bits per heavy atom. The predicted octanol–water partition coefficient (Wildman–Crippen LogP) is 6.86. The van der Waals surface area contributed by atoms with Crippen LogP contribution in [0.1, 0.15) is 19.3 Å². The monoisotopic (exact) mass is 554 g/mol.